The van der Waals surface area contributed by atoms with Crippen molar-refractivity contribution >= 4 is 33.1 Å². The molecule has 4 aromatic rings. The number of amides is 1. The number of methoxy groups -OCH3 is 3. The molecule has 2 aromatic heterocycles. The van der Waals surface area contributed by atoms with E-state index in [1.54, 1.807) is 35.7 Å². The predicted molar refractivity (Wildman–Crippen MR) is 138 cm³/mol. The third kappa shape index (κ3) is 5.25. The zero-order valence-electron chi connectivity index (χ0n) is 20.4. The second-order valence-electron chi connectivity index (χ2n) is 7.98. The summed E-state index contributed by atoms with van der Waals surface area (Å²) < 4.78 is 30.7. The number of aliphatic hydroxyl groups excluding tert-OH is 1. The summed E-state index contributed by atoms with van der Waals surface area (Å²) in [6.07, 6.45) is -0.0216. The molecule has 0 fully saturated rings. The number of aliphatic hydroxyl groups is 1. The third-order valence-corrected chi connectivity index (χ3v) is 6.76. The number of thiophene rings is 1. The molecular weight excluding hydrogens is 499 g/mol. The number of hydrogen-bond acceptors (Lipinski definition) is 8. The first-order chi connectivity index (χ1) is 17.9. The number of hydrogen-bond donors (Lipinski definition) is 2. The normalized spacial score (nSPS) is 11.7. The minimum Gasteiger partial charge on any atom is -0.494 e. The van der Waals surface area contributed by atoms with Crippen LogP contribution in [0.25, 0.3) is 21.3 Å². The minimum absolute atomic E-state index is 0.0216. The van der Waals surface area contributed by atoms with E-state index in [9.17, 15) is 19.1 Å². The van der Waals surface area contributed by atoms with Gasteiger partial charge in [-0.1, -0.05) is 0 Å². The van der Waals surface area contributed by atoms with Crippen LogP contribution >= 0.6 is 11.3 Å². The Morgan fingerprint density at radius 3 is 2.43 bits per heavy atom. The van der Waals surface area contributed by atoms with Gasteiger partial charge in [-0.3, -0.25) is 9.59 Å². The number of carbonyl (C=O) groups is 2. The molecule has 2 N–H and O–H groups in total. The summed E-state index contributed by atoms with van der Waals surface area (Å²) in [6, 6.07) is 11.4. The first-order valence-electron chi connectivity index (χ1n) is 11.3. The minimum atomic E-state index is -1.05. The van der Waals surface area contributed by atoms with Crippen LogP contribution in [0.5, 0.6) is 17.2 Å². The van der Waals surface area contributed by atoms with Gasteiger partial charge >= 0.3 is 0 Å². The molecule has 1 atom stereocenters. The van der Waals surface area contributed by atoms with Gasteiger partial charge in [0.05, 0.1) is 32.1 Å². The van der Waals surface area contributed by atoms with Crippen LogP contribution in [0.3, 0.4) is 0 Å². The van der Waals surface area contributed by atoms with Crippen molar-refractivity contribution in [2.24, 2.45) is 0 Å². The molecule has 0 aliphatic rings. The van der Waals surface area contributed by atoms with Crippen LogP contribution < -0.4 is 19.5 Å². The Labute approximate surface area is 216 Å². The number of halogens is 1. The topological polar surface area (TPSA) is 107 Å². The van der Waals surface area contributed by atoms with Crippen LogP contribution in [0.4, 0.5) is 4.39 Å². The summed E-state index contributed by atoms with van der Waals surface area (Å²) in [5.74, 6) is -0.141. The number of ether oxygens (including phenoxy) is 3. The van der Waals surface area contributed by atoms with E-state index in [1.165, 1.54) is 50.9 Å². The van der Waals surface area contributed by atoms with Gasteiger partial charge in [0.25, 0.3) is 5.91 Å². The SMILES string of the molecule is COc1ccc(C(=O)NC(CCO)C(=O)c2ccc(OC)c(-c3ccc(F)c4sccc34)n2)cc1OC. The Morgan fingerprint density at radius 1 is 1.00 bits per heavy atom. The number of pyridine rings is 1. The fraction of sp³-hybridized carbons (Fsp3) is 0.222. The summed E-state index contributed by atoms with van der Waals surface area (Å²) in [4.78, 5) is 30.9. The second kappa shape index (κ2) is 11.4. The highest BCUT2D eigenvalue weighted by Crippen LogP contribution is 2.37. The molecule has 0 aliphatic carbocycles. The van der Waals surface area contributed by atoms with Crippen molar-refractivity contribution in [2.45, 2.75) is 12.5 Å². The zero-order valence-corrected chi connectivity index (χ0v) is 21.2. The van der Waals surface area contributed by atoms with Crippen LogP contribution in [0.2, 0.25) is 0 Å². The summed E-state index contributed by atoms with van der Waals surface area (Å²) in [6.45, 7) is -0.334. The average molecular weight is 525 g/mol. The Balaban J connectivity index is 1.67. The molecule has 37 heavy (non-hydrogen) atoms. The molecular formula is C27H25FN2O6S. The lowest BCUT2D eigenvalue weighted by molar-refractivity contribution is 0.0837. The van der Waals surface area contributed by atoms with Gasteiger partial charge in [-0.2, -0.15) is 0 Å². The van der Waals surface area contributed by atoms with Crippen LogP contribution in [-0.2, 0) is 0 Å². The third-order valence-electron chi connectivity index (χ3n) is 5.84. The Kier molecular flexibility index (Phi) is 8.00. The molecule has 1 amide bonds. The fourth-order valence-electron chi connectivity index (χ4n) is 3.97. The maximum atomic E-state index is 14.3. The maximum Gasteiger partial charge on any atom is 0.252 e. The van der Waals surface area contributed by atoms with Crippen LogP contribution in [0.1, 0.15) is 27.3 Å². The summed E-state index contributed by atoms with van der Waals surface area (Å²) >= 11 is 1.27. The van der Waals surface area contributed by atoms with Crippen molar-refractivity contribution < 1.29 is 33.3 Å². The molecule has 4 rings (SSSR count). The highest BCUT2D eigenvalue weighted by atomic mass is 32.1. The van der Waals surface area contributed by atoms with Crippen molar-refractivity contribution in [2.75, 3.05) is 27.9 Å². The van der Waals surface area contributed by atoms with Crippen LogP contribution in [-0.4, -0.2) is 55.8 Å². The van der Waals surface area contributed by atoms with E-state index >= 15 is 0 Å². The van der Waals surface area contributed by atoms with Gasteiger partial charge in [0, 0.05) is 23.1 Å². The highest BCUT2D eigenvalue weighted by Gasteiger charge is 2.26. The molecule has 1 unspecified atom stereocenters. The van der Waals surface area contributed by atoms with Gasteiger partial charge in [0.1, 0.15) is 23.0 Å². The van der Waals surface area contributed by atoms with Crippen molar-refractivity contribution in [1.29, 1.82) is 0 Å². The molecule has 10 heteroatoms. The van der Waals surface area contributed by atoms with Gasteiger partial charge in [0.2, 0.25) is 5.78 Å². The van der Waals surface area contributed by atoms with E-state index < -0.39 is 17.7 Å². The van der Waals surface area contributed by atoms with E-state index in [-0.39, 0.29) is 30.1 Å². The molecule has 0 bridgehead atoms. The number of nitrogens with one attached hydrogen (secondary N) is 1. The quantitative estimate of drug-likeness (QED) is 0.294. The number of nitrogens with zero attached hydrogens (tertiary/aromatic N) is 1. The number of aromatic nitrogens is 1. The highest BCUT2D eigenvalue weighted by molar-refractivity contribution is 7.17. The smallest absolute Gasteiger partial charge is 0.252 e. The number of Topliss-reactive ketones (excluding diaryl/α,β-unsaturated/α-hetero) is 1. The molecule has 2 heterocycles. The van der Waals surface area contributed by atoms with Crippen molar-refractivity contribution in [1.82, 2.24) is 10.3 Å². The summed E-state index contributed by atoms with van der Waals surface area (Å²) in [5, 5.41) is 14.7. The molecule has 0 aliphatic heterocycles. The lowest BCUT2D eigenvalue weighted by Gasteiger charge is -2.18. The molecule has 8 nitrogen and oxygen atoms in total. The van der Waals surface area contributed by atoms with Gasteiger partial charge in [0.15, 0.2) is 11.5 Å². The van der Waals surface area contributed by atoms with Gasteiger partial charge in [-0.05, 0) is 60.3 Å². The number of ketones is 1. The van der Waals surface area contributed by atoms with Crippen molar-refractivity contribution in [3.63, 3.8) is 0 Å². The van der Waals surface area contributed by atoms with E-state index in [0.29, 0.717) is 38.6 Å². The molecule has 0 saturated carbocycles. The fourth-order valence-corrected chi connectivity index (χ4v) is 4.80. The largest absolute Gasteiger partial charge is 0.494 e. The van der Waals surface area contributed by atoms with Crippen molar-refractivity contribution in [3.8, 4) is 28.5 Å². The van der Waals surface area contributed by atoms with E-state index in [0.717, 1.165) is 0 Å². The van der Waals surface area contributed by atoms with Crippen molar-refractivity contribution in [3.05, 3.63) is 71.0 Å². The number of fused-ring (bicyclic) bond motifs is 1. The maximum absolute atomic E-state index is 14.3. The molecule has 0 saturated heterocycles. The monoisotopic (exact) mass is 524 g/mol. The first kappa shape index (κ1) is 26.1. The lowest BCUT2D eigenvalue weighted by atomic mass is 10.0. The Hall–Kier alpha value is -4.02. The van der Waals surface area contributed by atoms with E-state index in [2.05, 4.69) is 10.3 Å². The second-order valence-corrected chi connectivity index (χ2v) is 8.89. The molecule has 0 radical (unpaired) electrons. The lowest BCUT2D eigenvalue weighted by Crippen LogP contribution is -2.41. The van der Waals surface area contributed by atoms with Gasteiger partial charge in [-0.15, -0.1) is 11.3 Å². The number of rotatable bonds is 10. The molecule has 2 aromatic carbocycles. The summed E-state index contributed by atoms with van der Waals surface area (Å²) in [7, 11) is 4.42. The first-order valence-corrected chi connectivity index (χ1v) is 12.2. The van der Waals surface area contributed by atoms with Crippen LogP contribution in [0.15, 0.2) is 53.9 Å². The average Bonchev–Trinajstić information content (AvgIpc) is 3.43. The molecule has 192 valence electrons. The Bertz CT molecular complexity index is 1450. The van der Waals surface area contributed by atoms with Gasteiger partial charge < -0.3 is 24.6 Å². The molecule has 0 spiro atoms. The zero-order chi connectivity index (χ0) is 26.5. The number of benzene rings is 2. The Morgan fingerprint density at radius 2 is 1.73 bits per heavy atom. The predicted octanol–water partition coefficient (Wildman–Crippen LogP) is 4.49. The summed E-state index contributed by atoms with van der Waals surface area (Å²) in [5.41, 5.74) is 1.29. The standard InChI is InChI=1S/C27H25FN2O6S/c1-34-21-8-4-15(14-23(21)36-3)27(33)30-20(10-12-31)25(32)19-7-9-22(35-2)24(29-19)16-5-6-18(28)26-17(16)11-13-37-26/h4-9,11,13-14,20,31H,10,12H2,1-3H3,(H,30,33). The van der Waals surface area contributed by atoms with E-state index in [4.69, 9.17) is 14.2 Å². The van der Waals surface area contributed by atoms with Crippen LogP contribution in [0, 0.1) is 5.82 Å². The van der Waals surface area contributed by atoms with E-state index in [1.807, 2.05) is 0 Å². The number of carbonyl (C=O) groups excluding carboxylic acids is 2. The van der Waals surface area contributed by atoms with Gasteiger partial charge in [-0.25, -0.2) is 9.37 Å².